The maximum Gasteiger partial charge on any atom is 0.412 e. The molecule has 14 heteroatoms. The average Bonchev–Trinajstić information content (AvgIpc) is 3.38. The summed E-state index contributed by atoms with van der Waals surface area (Å²) in [5.74, 6) is -2.16. The number of fused-ring (bicyclic) bond motifs is 2. The van der Waals surface area contributed by atoms with Crippen molar-refractivity contribution in [1.82, 2.24) is 10.2 Å². The van der Waals surface area contributed by atoms with Crippen LogP contribution in [-0.4, -0.2) is 90.7 Å². The van der Waals surface area contributed by atoms with Gasteiger partial charge in [-0.15, -0.1) is 13.2 Å². The molecule has 71 heavy (non-hydrogen) atoms. The van der Waals surface area contributed by atoms with E-state index < -0.39 is 42.0 Å². The smallest absolute Gasteiger partial charge is 0.412 e. The van der Waals surface area contributed by atoms with Gasteiger partial charge in [-0.1, -0.05) is 113 Å². The van der Waals surface area contributed by atoms with E-state index in [1.807, 2.05) is 12.1 Å². The molecule has 0 spiro atoms. The molecule has 2 aromatic carbocycles. The number of rotatable bonds is 31. The van der Waals surface area contributed by atoms with E-state index in [-0.39, 0.29) is 57.1 Å². The predicted molar refractivity (Wildman–Crippen MR) is 274 cm³/mol. The molecule has 2 aromatic rings. The molecule has 2 aliphatic heterocycles. The molecular formula is C57H82FN3O10. The summed E-state index contributed by atoms with van der Waals surface area (Å²) < 4.78 is 46.8. The Hall–Kier alpha value is -4.76. The van der Waals surface area contributed by atoms with E-state index in [0.29, 0.717) is 61.6 Å². The molecule has 6 rings (SSSR count). The van der Waals surface area contributed by atoms with Crippen molar-refractivity contribution < 1.29 is 52.7 Å². The molecule has 2 aliphatic carbocycles. The molecule has 1 saturated carbocycles. The van der Waals surface area contributed by atoms with Crippen LogP contribution >= 0.6 is 0 Å². The van der Waals surface area contributed by atoms with E-state index in [9.17, 15) is 24.2 Å². The van der Waals surface area contributed by atoms with Crippen molar-refractivity contribution in [3.8, 4) is 11.5 Å². The summed E-state index contributed by atoms with van der Waals surface area (Å²) in [7, 11) is 0. The molecular weight excluding hydrogens is 906 g/mol. The topological polar surface area (TPSA) is 158 Å². The van der Waals surface area contributed by atoms with E-state index in [2.05, 4.69) is 31.5 Å². The zero-order valence-electron chi connectivity index (χ0n) is 42.4. The van der Waals surface area contributed by atoms with Gasteiger partial charge in [0.25, 0.3) is 0 Å². The number of aliphatic hydroxyl groups is 2. The number of carbonyl (C=O) groups excluding carboxylic acids is 2. The van der Waals surface area contributed by atoms with Gasteiger partial charge >= 0.3 is 12.2 Å². The number of hydrogen-bond acceptors (Lipinski definition) is 11. The first-order chi connectivity index (χ1) is 34.8. The van der Waals surface area contributed by atoms with Gasteiger partial charge in [0.15, 0.2) is 0 Å². The average molecular weight is 988 g/mol. The second-order valence-electron chi connectivity index (χ2n) is 19.6. The number of oxime groups is 1. The fourth-order valence-corrected chi connectivity index (χ4v) is 11.0. The van der Waals surface area contributed by atoms with Crippen molar-refractivity contribution in [2.45, 2.75) is 172 Å². The molecule has 4 aliphatic rings. The minimum Gasteiger partial charge on any atom is -0.459 e. The van der Waals surface area contributed by atoms with Gasteiger partial charge in [-0.25, -0.2) is 14.0 Å². The number of ether oxygens (including phenoxy) is 5. The fourth-order valence-electron chi connectivity index (χ4n) is 11.0. The quantitative estimate of drug-likeness (QED) is 0.0377. The van der Waals surface area contributed by atoms with Crippen molar-refractivity contribution in [3.05, 3.63) is 96.4 Å². The zero-order valence-corrected chi connectivity index (χ0v) is 42.4. The number of hydrogen-bond donors (Lipinski definition) is 3. The van der Waals surface area contributed by atoms with Gasteiger partial charge in [0.1, 0.15) is 23.4 Å². The van der Waals surface area contributed by atoms with E-state index in [4.69, 9.17) is 33.7 Å². The predicted octanol–water partition coefficient (Wildman–Crippen LogP) is 12.2. The minimum absolute atomic E-state index is 0.0136. The molecule has 1 saturated heterocycles. The lowest BCUT2D eigenvalue weighted by Crippen LogP contribution is -2.70. The molecule has 2 heterocycles. The van der Waals surface area contributed by atoms with Gasteiger partial charge in [0.05, 0.1) is 31.5 Å². The Morgan fingerprint density at radius 1 is 0.915 bits per heavy atom. The summed E-state index contributed by atoms with van der Waals surface area (Å²) in [5, 5.41) is 27.9. The highest BCUT2D eigenvalue weighted by Gasteiger charge is 2.66. The van der Waals surface area contributed by atoms with E-state index >= 15 is 0 Å². The SMILES string of the molecule is C=CCCOC(=O)N(Cc1ccc(F)cc1)[C@H]1CC(=NOC2CCCCO2)C2=C[C@H](CCCCO)[C@@H](CCCCO)[C@@H]3c4cc(OC(=O)NCCCCCCCCCCCC)ccc4O[C@@]1(OCC=C)[C@H]23. The molecule has 7 atom stereocenters. The number of allylic oxidation sites excluding steroid dienone is 1. The van der Waals surface area contributed by atoms with Crippen LogP contribution < -0.4 is 14.8 Å². The zero-order chi connectivity index (χ0) is 50.3. The summed E-state index contributed by atoms with van der Waals surface area (Å²) in [5.41, 5.74) is 2.93. The molecule has 13 nitrogen and oxygen atoms in total. The van der Waals surface area contributed by atoms with Gasteiger partial charge in [0, 0.05) is 50.6 Å². The standard InChI is InChI=1S/C57H82FN3O10/c1-4-7-9-10-11-12-13-14-15-19-32-59-55(64)69-45-30-31-50-48(39-45)53-46(24-17-21-34-63)43(23-16-20-33-62)38-47-49(60-71-52-25-18-22-37-66-52)40-51(57(70-50,54(47)53)68-35-6-3)61(56(65)67-36-8-5-2)41-42-26-28-44(58)29-27-42/h5-6,26-31,38-39,43,46,51-54,62-63H,2-4,7-25,32-37,40-41H2,1H3,(H,59,64)/t43-,46+,51-,52?,53+,54+,57+/m0/s1. The number of unbranched alkanes of at least 4 members (excludes halogenated alkanes) is 11. The van der Waals surface area contributed by atoms with Crippen LogP contribution in [0.2, 0.25) is 0 Å². The van der Waals surface area contributed by atoms with E-state index in [1.54, 1.807) is 35.3 Å². The van der Waals surface area contributed by atoms with Crippen molar-refractivity contribution >= 4 is 17.9 Å². The Bertz CT molecular complexity index is 2020. The minimum atomic E-state index is -1.57. The van der Waals surface area contributed by atoms with Gasteiger partial charge < -0.3 is 44.1 Å². The highest BCUT2D eigenvalue weighted by Crippen LogP contribution is 2.62. The largest absolute Gasteiger partial charge is 0.459 e. The summed E-state index contributed by atoms with van der Waals surface area (Å²) in [6.45, 7) is 11.4. The second-order valence-corrected chi connectivity index (χ2v) is 19.6. The highest BCUT2D eigenvalue weighted by atomic mass is 19.1. The van der Waals surface area contributed by atoms with E-state index in [0.717, 1.165) is 68.9 Å². The third kappa shape index (κ3) is 15.6. The molecule has 0 radical (unpaired) electrons. The Labute approximate surface area is 422 Å². The molecule has 2 fully saturated rings. The van der Waals surface area contributed by atoms with Gasteiger partial charge in [-0.05, 0) is 105 Å². The summed E-state index contributed by atoms with van der Waals surface area (Å²) in [6, 6.07) is 10.6. The maximum atomic E-state index is 14.7. The summed E-state index contributed by atoms with van der Waals surface area (Å²) in [6.07, 6.45) is 23.2. The van der Waals surface area contributed by atoms with Gasteiger partial charge in [0.2, 0.25) is 12.1 Å². The normalized spacial score (nSPS) is 23.9. The Balaban J connectivity index is 1.42. The number of halogens is 1. The van der Waals surface area contributed by atoms with E-state index in [1.165, 1.54) is 57.1 Å². The molecule has 1 unspecified atom stereocenters. The molecule has 0 aromatic heterocycles. The first-order valence-corrected chi connectivity index (χ1v) is 26.9. The number of nitrogens with zero attached hydrogens (tertiary/aromatic N) is 2. The highest BCUT2D eigenvalue weighted by molar-refractivity contribution is 6.03. The maximum absolute atomic E-state index is 14.7. The lowest BCUT2D eigenvalue weighted by molar-refractivity contribution is -0.256. The number of nitrogens with one attached hydrogen (secondary N) is 1. The van der Waals surface area contributed by atoms with Crippen LogP contribution in [0.1, 0.15) is 159 Å². The Morgan fingerprint density at radius 2 is 1.65 bits per heavy atom. The monoisotopic (exact) mass is 988 g/mol. The molecule has 0 bridgehead atoms. The van der Waals surface area contributed by atoms with Crippen LogP contribution in [0.5, 0.6) is 11.5 Å². The Kier molecular flexibility index (Phi) is 23.2. The van der Waals surface area contributed by atoms with Crippen LogP contribution in [0.4, 0.5) is 14.0 Å². The fraction of sp³-hybridized carbons (Fsp3) is 0.632. The summed E-state index contributed by atoms with van der Waals surface area (Å²) in [4.78, 5) is 36.0. The number of carbonyl (C=O) groups is 2. The van der Waals surface area contributed by atoms with Crippen LogP contribution in [0, 0.1) is 23.6 Å². The van der Waals surface area contributed by atoms with Crippen molar-refractivity contribution in [2.24, 2.45) is 22.9 Å². The van der Waals surface area contributed by atoms with Crippen molar-refractivity contribution in [1.29, 1.82) is 0 Å². The van der Waals surface area contributed by atoms with Gasteiger partial charge in [-0.2, -0.15) is 0 Å². The first-order valence-electron chi connectivity index (χ1n) is 26.9. The molecule has 2 amide bonds. The third-order valence-electron chi connectivity index (χ3n) is 14.5. The Morgan fingerprint density at radius 3 is 2.34 bits per heavy atom. The first kappa shape index (κ1) is 55.6. The second kappa shape index (κ2) is 29.7. The van der Waals surface area contributed by atoms with Crippen molar-refractivity contribution in [2.75, 3.05) is 39.6 Å². The van der Waals surface area contributed by atoms with Crippen LogP contribution in [-0.2, 0) is 25.6 Å². The molecule has 392 valence electrons. The number of amides is 2. The molecule has 3 N–H and O–H groups in total. The van der Waals surface area contributed by atoms with Crippen LogP contribution in [0.25, 0.3) is 0 Å². The lowest BCUT2D eigenvalue weighted by atomic mass is 9.55. The third-order valence-corrected chi connectivity index (χ3v) is 14.5. The van der Waals surface area contributed by atoms with Gasteiger partial charge in [-0.3, -0.25) is 4.90 Å². The number of benzene rings is 2. The summed E-state index contributed by atoms with van der Waals surface area (Å²) >= 11 is 0. The van der Waals surface area contributed by atoms with Crippen LogP contribution in [0.3, 0.4) is 0 Å². The van der Waals surface area contributed by atoms with Crippen molar-refractivity contribution in [3.63, 3.8) is 0 Å². The van der Waals surface area contributed by atoms with Crippen LogP contribution in [0.15, 0.2) is 84.6 Å². The number of aliphatic hydroxyl groups excluding tert-OH is 2. The lowest BCUT2D eigenvalue weighted by Gasteiger charge is -2.59.